The molecule has 1 aromatic heterocycles. The lowest BCUT2D eigenvalue weighted by molar-refractivity contribution is -0.131. The number of aliphatic carboxylic acids is 1. The highest BCUT2D eigenvalue weighted by Crippen LogP contribution is 2.28. The molecule has 1 N–H and O–H groups in total. The second-order valence-corrected chi connectivity index (χ2v) is 3.20. The fraction of sp³-hybridized carbons (Fsp3) is 0.0833. The van der Waals surface area contributed by atoms with Crippen molar-refractivity contribution in [2.75, 3.05) is 7.11 Å². The van der Waals surface area contributed by atoms with Gasteiger partial charge >= 0.3 is 5.97 Å². The van der Waals surface area contributed by atoms with Crippen molar-refractivity contribution in [3.8, 4) is 5.75 Å². The topological polar surface area (TPSA) is 59.7 Å². The summed E-state index contributed by atoms with van der Waals surface area (Å²) in [5.74, 6) is 0.113. The predicted molar refractivity (Wildman–Crippen MR) is 59.4 cm³/mol. The second kappa shape index (κ2) is 4.10. The van der Waals surface area contributed by atoms with Gasteiger partial charge in [0, 0.05) is 11.5 Å². The molecule has 0 unspecified atom stereocenters. The fourth-order valence-corrected chi connectivity index (χ4v) is 1.45. The van der Waals surface area contributed by atoms with Gasteiger partial charge in [-0.2, -0.15) is 0 Å². The Balaban J connectivity index is 2.47. The molecule has 82 valence electrons. The van der Waals surface area contributed by atoms with Gasteiger partial charge in [0.25, 0.3) is 0 Å². The largest absolute Gasteiger partial charge is 0.493 e. The monoisotopic (exact) mass is 218 g/mol. The Morgan fingerprint density at radius 2 is 2.31 bits per heavy atom. The first kappa shape index (κ1) is 10.3. The summed E-state index contributed by atoms with van der Waals surface area (Å²) < 4.78 is 10.6. The number of benzene rings is 1. The van der Waals surface area contributed by atoms with Crippen LogP contribution in [0.3, 0.4) is 0 Å². The van der Waals surface area contributed by atoms with Crippen LogP contribution in [0.1, 0.15) is 5.76 Å². The van der Waals surface area contributed by atoms with Gasteiger partial charge in [-0.15, -0.1) is 0 Å². The molecule has 1 aromatic carbocycles. The maximum atomic E-state index is 10.4. The van der Waals surface area contributed by atoms with E-state index in [0.29, 0.717) is 17.1 Å². The average Bonchev–Trinajstić information content (AvgIpc) is 2.68. The minimum Gasteiger partial charge on any atom is -0.493 e. The van der Waals surface area contributed by atoms with E-state index in [9.17, 15) is 4.79 Å². The van der Waals surface area contributed by atoms with Crippen LogP contribution < -0.4 is 4.74 Å². The molecular weight excluding hydrogens is 208 g/mol. The molecular formula is C12H10O4. The highest BCUT2D eigenvalue weighted by molar-refractivity contribution is 5.88. The van der Waals surface area contributed by atoms with Crippen molar-refractivity contribution in [3.05, 3.63) is 36.1 Å². The van der Waals surface area contributed by atoms with Crippen LogP contribution in [0.2, 0.25) is 0 Å². The third kappa shape index (κ3) is 1.91. The van der Waals surface area contributed by atoms with Crippen LogP contribution in [0.25, 0.3) is 17.0 Å². The quantitative estimate of drug-likeness (QED) is 0.804. The Labute approximate surface area is 91.7 Å². The minimum absolute atomic E-state index is 0.488. The van der Waals surface area contributed by atoms with Crippen molar-refractivity contribution in [2.45, 2.75) is 0 Å². The number of carboxylic acids is 1. The zero-order valence-electron chi connectivity index (χ0n) is 8.64. The number of furan rings is 1. The summed E-state index contributed by atoms with van der Waals surface area (Å²) in [6, 6.07) is 7.27. The van der Waals surface area contributed by atoms with Crippen molar-refractivity contribution in [1.82, 2.24) is 0 Å². The Bertz CT molecular complexity index is 551. The van der Waals surface area contributed by atoms with Gasteiger partial charge < -0.3 is 14.3 Å². The number of hydrogen-bond donors (Lipinski definition) is 1. The summed E-state index contributed by atoms with van der Waals surface area (Å²) >= 11 is 0. The molecule has 0 atom stereocenters. The highest BCUT2D eigenvalue weighted by atomic mass is 16.5. The summed E-state index contributed by atoms with van der Waals surface area (Å²) in [6.07, 6.45) is 2.44. The van der Waals surface area contributed by atoms with Crippen molar-refractivity contribution < 1.29 is 19.1 Å². The minimum atomic E-state index is -1.01. The van der Waals surface area contributed by atoms with Gasteiger partial charge in [0.05, 0.1) is 7.11 Å². The van der Waals surface area contributed by atoms with E-state index in [2.05, 4.69) is 0 Å². The molecule has 0 bridgehead atoms. The van der Waals surface area contributed by atoms with E-state index in [1.165, 1.54) is 6.08 Å². The van der Waals surface area contributed by atoms with Crippen molar-refractivity contribution >= 4 is 23.0 Å². The molecule has 0 amide bonds. The number of hydrogen-bond acceptors (Lipinski definition) is 3. The first-order valence-corrected chi connectivity index (χ1v) is 4.68. The van der Waals surface area contributed by atoms with Crippen LogP contribution in [0.4, 0.5) is 0 Å². The van der Waals surface area contributed by atoms with E-state index < -0.39 is 5.97 Å². The molecule has 0 spiro atoms. The highest BCUT2D eigenvalue weighted by Gasteiger charge is 2.06. The number of carbonyl (C=O) groups is 1. The third-order valence-corrected chi connectivity index (χ3v) is 2.14. The van der Waals surface area contributed by atoms with E-state index >= 15 is 0 Å². The lowest BCUT2D eigenvalue weighted by Crippen LogP contribution is -1.84. The molecule has 2 rings (SSSR count). The van der Waals surface area contributed by atoms with Gasteiger partial charge in [0.1, 0.15) is 5.76 Å². The van der Waals surface area contributed by atoms with Crippen LogP contribution in [0.15, 0.2) is 34.8 Å². The molecule has 0 saturated carbocycles. The number of ether oxygens (including phenoxy) is 1. The van der Waals surface area contributed by atoms with Crippen LogP contribution >= 0.6 is 0 Å². The number of rotatable bonds is 3. The predicted octanol–water partition coefficient (Wildman–Crippen LogP) is 2.54. The van der Waals surface area contributed by atoms with E-state index in [1.54, 1.807) is 19.2 Å². The first-order chi connectivity index (χ1) is 7.70. The van der Waals surface area contributed by atoms with Crippen LogP contribution in [-0.4, -0.2) is 18.2 Å². The summed E-state index contributed by atoms with van der Waals surface area (Å²) in [5.41, 5.74) is 0.620. The lowest BCUT2D eigenvalue weighted by atomic mass is 10.2. The fourth-order valence-electron chi connectivity index (χ4n) is 1.45. The van der Waals surface area contributed by atoms with Crippen LogP contribution in [-0.2, 0) is 4.79 Å². The summed E-state index contributed by atoms with van der Waals surface area (Å²) in [5, 5.41) is 9.38. The van der Waals surface area contributed by atoms with Gasteiger partial charge in [-0.05, 0) is 18.2 Å². The standard InChI is InChI=1S/C12H10O4/c1-15-10-4-2-3-8-7-9(16-12(8)10)5-6-11(13)14/h2-7H,1H3,(H,13,14). The number of fused-ring (bicyclic) bond motifs is 1. The zero-order chi connectivity index (χ0) is 11.5. The van der Waals surface area contributed by atoms with Gasteiger partial charge in [-0.25, -0.2) is 4.79 Å². The molecule has 16 heavy (non-hydrogen) atoms. The third-order valence-electron chi connectivity index (χ3n) is 2.14. The van der Waals surface area contributed by atoms with E-state index in [1.807, 2.05) is 12.1 Å². The summed E-state index contributed by atoms with van der Waals surface area (Å²) in [4.78, 5) is 10.4. The molecule has 0 aliphatic heterocycles. The Morgan fingerprint density at radius 1 is 1.50 bits per heavy atom. The maximum absolute atomic E-state index is 10.4. The normalized spacial score (nSPS) is 11.1. The maximum Gasteiger partial charge on any atom is 0.328 e. The number of methoxy groups -OCH3 is 1. The van der Waals surface area contributed by atoms with Crippen LogP contribution in [0.5, 0.6) is 5.75 Å². The molecule has 0 radical (unpaired) electrons. The molecule has 4 heteroatoms. The number of carboxylic acid groups (broad SMARTS) is 1. The molecule has 0 aliphatic rings. The number of para-hydroxylation sites is 1. The lowest BCUT2D eigenvalue weighted by Gasteiger charge is -1.98. The molecule has 0 aliphatic carbocycles. The summed E-state index contributed by atoms with van der Waals surface area (Å²) in [6.45, 7) is 0. The van der Waals surface area contributed by atoms with Gasteiger partial charge in [-0.1, -0.05) is 12.1 Å². The van der Waals surface area contributed by atoms with Crippen LogP contribution in [0, 0.1) is 0 Å². The Hall–Kier alpha value is -2.23. The molecule has 4 nitrogen and oxygen atoms in total. The Kier molecular flexibility index (Phi) is 2.64. The van der Waals surface area contributed by atoms with E-state index in [-0.39, 0.29) is 0 Å². The molecule has 1 heterocycles. The molecule has 0 saturated heterocycles. The first-order valence-electron chi connectivity index (χ1n) is 4.68. The molecule has 2 aromatic rings. The second-order valence-electron chi connectivity index (χ2n) is 3.20. The van der Waals surface area contributed by atoms with Crippen molar-refractivity contribution in [3.63, 3.8) is 0 Å². The van der Waals surface area contributed by atoms with Crippen molar-refractivity contribution in [2.24, 2.45) is 0 Å². The van der Waals surface area contributed by atoms with Gasteiger partial charge in [0.15, 0.2) is 11.3 Å². The van der Waals surface area contributed by atoms with E-state index in [0.717, 1.165) is 11.5 Å². The smallest absolute Gasteiger partial charge is 0.328 e. The summed E-state index contributed by atoms with van der Waals surface area (Å²) in [7, 11) is 1.56. The van der Waals surface area contributed by atoms with Gasteiger partial charge in [0.2, 0.25) is 0 Å². The average molecular weight is 218 g/mol. The Morgan fingerprint density at radius 3 is 3.00 bits per heavy atom. The zero-order valence-corrected chi connectivity index (χ0v) is 8.64. The molecule has 0 fully saturated rings. The van der Waals surface area contributed by atoms with Crippen molar-refractivity contribution in [1.29, 1.82) is 0 Å². The van der Waals surface area contributed by atoms with E-state index in [4.69, 9.17) is 14.3 Å². The SMILES string of the molecule is COc1cccc2cc(C=CC(=O)O)oc12. The van der Waals surface area contributed by atoms with Gasteiger partial charge in [-0.3, -0.25) is 0 Å².